The van der Waals surface area contributed by atoms with Crippen LogP contribution in [0.5, 0.6) is 0 Å². The van der Waals surface area contributed by atoms with Gasteiger partial charge in [0.1, 0.15) is 0 Å². The Morgan fingerprint density at radius 1 is 0.769 bits per heavy atom. The van der Waals surface area contributed by atoms with Crippen LogP contribution in [0.3, 0.4) is 0 Å². The first kappa shape index (κ1) is 19.2. The van der Waals surface area contributed by atoms with Gasteiger partial charge >= 0.3 is 0 Å². The van der Waals surface area contributed by atoms with Crippen molar-refractivity contribution in [3.8, 4) is 0 Å². The van der Waals surface area contributed by atoms with E-state index >= 15 is 0 Å². The van der Waals surface area contributed by atoms with E-state index in [-0.39, 0.29) is 0 Å². The van der Waals surface area contributed by atoms with Crippen molar-refractivity contribution in [2.45, 2.75) is 33.5 Å². The van der Waals surface area contributed by atoms with Gasteiger partial charge in [-0.1, -0.05) is 113 Å². The van der Waals surface area contributed by atoms with Gasteiger partial charge in [-0.05, 0) is 30.3 Å². The summed E-state index contributed by atoms with van der Waals surface area (Å²) in [6.45, 7) is 11.7. The van der Waals surface area contributed by atoms with E-state index < -0.39 is 16.9 Å². The van der Waals surface area contributed by atoms with Crippen LogP contribution in [0.15, 0.2) is 66.7 Å². The standard InChI is InChI=1S/C23H26ClSi2/c1-17-14-19(16-20(15-17)26(3,4)5)25(22-12-8-6-10-18(22)2)23-13-9-7-11-21(23)24/h6-16H,1-5H3. The van der Waals surface area contributed by atoms with Crippen LogP contribution in [-0.4, -0.2) is 16.9 Å². The van der Waals surface area contributed by atoms with Crippen LogP contribution in [0, 0.1) is 13.8 Å². The topological polar surface area (TPSA) is 0 Å². The van der Waals surface area contributed by atoms with Crippen LogP contribution in [0.1, 0.15) is 11.1 Å². The van der Waals surface area contributed by atoms with Crippen molar-refractivity contribution in [2.75, 3.05) is 0 Å². The van der Waals surface area contributed by atoms with Gasteiger partial charge < -0.3 is 0 Å². The molecule has 26 heavy (non-hydrogen) atoms. The predicted octanol–water partition coefficient (Wildman–Crippen LogP) is 4.02. The monoisotopic (exact) mass is 393 g/mol. The first-order chi connectivity index (χ1) is 12.3. The normalized spacial score (nSPS) is 11.8. The van der Waals surface area contributed by atoms with Crippen molar-refractivity contribution in [1.82, 2.24) is 0 Å². The van der Waals surface area contributed by atoms with Crippen molar-refractivity contribution in [1.29, 1.82) is 0 Å². The summed E-state index contributed by atoms with van der Waals surface area (Å²) < 4.78 is 0. The first-order valence-corrected chi connectivity index (χ1v) is 14.5. The average Bonchev–Trinajstić information content (AvgIpc) is 2.57. The van der Waals surface area contributed by atoms with Crippen molar-refractivity contribution >= 4 is 49.2 Å². The minimum atomic E-state index is -1.39. The molecular weight excluding hydrogens is 368 g/mol. The summed E-state index contributed by atoms with van der Waals surface area (Å²) in [4.78, 5) is 0. The van der Waals surface area contributed by atoms with E-state index in [9.17, 15) is 0 Å². The van der Waals surface area contributed by atoms with Gasteiger partial charge in [0, 0.05) is 5.02 Å². The Balaban J connectivity index is 2.28. The molecule has 0 fully saturated rings. The van der Waals surface area contributed by atoms with Gasteiger partial charge in [-0.15, -0.1) is 0 Å². The lowest BCUT2D eigenvalue weighted by molar-refractivity contribution is 1.49. The molecule has 0 spiro atoms. The number of rotatable bonds is 4. The quantitative estimate of drug-likeness (QED) is 0.464. The Hall–Kier alpha value is -1.62. The van der Waals surface area contributed by atoms with Gasteiger partial charge in [0.05, 0.1) is 8.07 Å². The van der Waals surface area contributed by atoms with E-state index in [0.717, 1.165) is 5.02 Å². The van der Waals surface area contributed by atoms with E-state index in [1.807, 2.05) is 12.1 Å². The molecule has 3 aromatic rings. The molecule has 0 amide bonds. The first-order valence-electron chi connectivity index (χ1n) is 9.08. The second kappa shape index (κ2) is 7.55. The summed E-state index contributed by atoms with van der Waals surface area (Å²) in [7, 11) is -2.54. The van der Waals surface area contributed by atoms with Crippen LogP contribution >= 0.6 is 11.6 Å². The lowest BCUT2D eigenvalue weighted by Crippen LogP contribution is -2.55. The summed E-state index contributed by atoms with van der Waals surface area (Å²) in [5.41, 5.74) is 2.69. The molecule has 3 rings (SSSR count). The van der Waals surface area contributed by atoms with Gasteiger partial charge in [0.15, 0.2) is 8.80 Å². The van der Waals surface area contributed by atoms with E-state index in [4.69, 9.17) is 11.6 Å². The molecule has 0 saturated heterocycles. The number of hydrogen-bond acceptors (Lipinski definition) is 0. The van der Waals surface area contributed by atoms with Crippen molar-refractivity contribution < 1.29 is 0 Å². The zero-order valence-electron chi connectivity index (χ0n) is 16.2. The van der Waals surface area contributed by atoms with Crippen molar-refractivity contribution in [2.24, 2.45) is 0 Å². The molecule has 0 nitrogen and oxygen atoms in total. The molecule has 0 bridgehead atoms. The van der Waals surface area contributed by atoms with E-state index in [0.29, 0.717) is 0 Å². The van der Waals surface area contributed by atoms with Gasteiger partial charge in [0.2, 0.25) is 0 Å². The van der Waals surface area contributed by atoms with Crippen molar-refractivity contribution in [3.05, 3.63) is 82.9 Å². The number of aryl methyl sites for hydroxylation is 2. The number of hydrogen-bond donors (Lipinski definition) is 0. The molecule has 0 saturated carbocycles. The molecule has 0 aromatic heterocycles. The Morgan fingerprint density at radius 2 is 1.38 bits per heavy atom. The van der Waals surface area contributed by atoms with Crippen LogP contribution in [0.4, 0.5) is 0 Å². The zero-order chi connectivity index (χ0) is 18.9. The maximum atomic E-state index is 6.67. The third-order valence-corrected chi connectivity index (χ3v) is 10.2. The third kappa shape index (κ3) is 4.03. The van der Waals surface area contributed by atoms with Crippen LogP contribution in [0.25, 0.3) is 0 Å². The summed E-state index contributed by atoms with van der Waals surface area (Å²) in [6.07, 6.45) is 0. The maximum Gasteiger partial charge on any atom is 0.156 e. The van der Waals surface area contributed by atoms with E-state index in [1.54, 1.807) is 0 Å². The van der Waals surface area contributed by atoms with Gasteiger partial charge in [-0.25, -0.2) is 0 Å². The number of halogens is 1. The summed E-state index contributed by atoms with van der Waals surface area (Å²) in [5, 5.41) is 6.55. The molecule has 0 aliphatic carbocycles. The second-order valence-corrected chi connectivity index (χ2v) is 15.9. The number of benzene rings is 3. The largest absolute Gasteiger partial charge is 0.156 e. The van der Waals surface area contributed by atoms with E-state index in [2.05, 4.69) is 88.1 Å². The lowest BCUT2D eigenvalue weighted by atomic mass is 10.2. The molecule has 3 aromatic carbocycles. The van der Waals surface area contributed by atoms with Gasteiger partial charge in [-0.2, -0.15) is 0 Å². The van der Waals surface area contributed by atoms with Gasteiger partial charge in [-0.3, -0.25) is 0 Å². The SMILES string of the molecule is Cc1cc([Si](c2ccccc2C)c2ccccc2Cl)cc([Si](C)(C)C)c1. The minimum Gasteiger partial charge on any atom is -0.0845 e. The Labute approximate surface area is 165 Å². The molecule has 133 valence electrons. The minimum absolute atomic E-state index is 0.876. The third-order valence-electron chi connectivity index (χ3n) is 4.79. The highest BCUT2D eigenvalue weighted by Crippen LogP contribution is 2.10. The molecular formula is C23H26ClSi2. The van der Waals surface area contributed by atoms with E-state index in [1.165, 1.54) is 31.9 Å². The Kier molecular flexibility index (Phi) is 5.56. The van der Waals surface area contributed by atoms with Gasteiger partial charge in [0.25, 0.3) is 0 Å². The average molecular weight is 394 g/mol. The molecule has 0 N–H and O–H groups in total. The van der Waals surface area contributed by atoms with Crippen LogP contribution < -0.4 is 20.7 Å². The highest BCUT2D eigenvalue weighted by molar-refractivity contribution is 6.97. The molecule has 3 heteroatoms. The second-order valence-electron chi connectivity index (χ2n) is 8.01. The molecule has 0 aliphatic rings. The fraction of sp³-hybridized carbons (Fsp3) is 0.217. The molecule has 1 radical (unpaired) electrons. The van der Waals surface area contributed by atoms with Crippen molar-refractivity contribution in [3.63, 3.8) is 0 Å². The molecule has 0 aliphatic heterocycles. The summed E-state index contributed by atoms with van der Waals surface area (Å²) in [6, 6.07) is 24.3. The fourth-order valence-corrected chi connectivity index (χ4v) is 8.06. The molecule has 0 atom stereocenters. The summed E-state index contributed by atoms with van der Waals surface area (Å²) in [5.74, 6) is 0. The highest BCUT2D eigenvalue weighted by atomic mass is 35.5. The predicted molar refractivity (Wildman–Crippen MR) is 121 cm³/mol. The maximum absolute atomic E-state index is 6.67. The Morgan fingerprint density at radius 3 is 2.00 bits per heavy atom. The van der Waals surface area contributed by atoms with Crippen LogP contribution in [0.2, 0.25) is 24.7 Å². The summed E-state index contributed by atoms with van der Waals surface area (Å²) >= 11 is 6.67. The zero-order valence-corrected chi connectivity index (χ0v) is 19.0. The molecule has 0 unspecified atom stereocenters. The lowest BCUT2D eigenvalue weighted by Gasteiger charge is -2.24. The molecule has 0 heterocycles. The smallest absolute Gasteiger partial charge is 0.0845 e. The fourth-order valence-electron chi connectivity index (χ4n) is 3.33. The van der Waals surface area contributed by atoms with Crippen LogP contribution in [-0.2, 0) is 0 Å². The Bertz CT molecular complexity index is 880. The highest BCUT2D eigenvalue weighted by Gasteiger charge is 2.26.